The molecule has 5 nitrogen and oxygen atoms in total. The van der Waals surface area contributed by atoms with Crippen LogP contribution in [0.5, 0.6) is 0 Å². The van der Waals surface area contributed by atoms with Crippen molar-refractivity contribution in [1.29, 1.82) is 0 Å². The number of hydrogen-bond acceptors (Lipinski definition) is 3. The van der Waals surface area contributed by atoms with E-state index >= 15 is 0 Å². The Balaban J connectivity index is 1.51. The number of carbonyl (C=O) groups is 2. The molecule has 0 unspecified atom stereocenters. The third-order valence-corrected chi connectivity index (χ3v) is 4.34. The van der Waals surface area contributed by atoms with E-state index in [9.17, 15) is 27.2 Å². The molecule has 0 saturated carbocycles. The van der Waals surface area contributed by atoms with Crippen LogP contribution in [-0.2, 0) is 4.79 Å². The smallest absolute Gasteiger partial charge is 0.254 e. The predicted molar refractivity (Wildman–Crippen MR) is 93.7 cm³/mol. The maximum atomic E-state index is 13.3. The van der Waals surface area contributed by atoms with Gasteiger partial charge in [0.25, 0.3) is 5.91 Å². The first kappa shape index (κ1) is 19.8. The molecule has 1 heterocycles. The van der Waals surface area contributed by atoms with E-state index in [4.69, 9.17) is 0 Å². The molecule has 0 aliphatic carbocycles. The first-order chi connectivity index (χ1) is 13.3. The Morgan fingerprint density at radius 3 is 2.11 bits per heavy atom. The average Bonchev–Trinajstić information content (AvgIpc) is 2.63. The highest BCUT2D eigenvalue weighted by Gasteiger charge is 2.24. The molecule has 1 N–H and O–H groups in total. The monoisotopic (exact) mass is 395 g/mol. The Kier molecular flexibility index (Phi) is 5.93. The summed E-state index contributed by atoms with van der Waals surface area (Å²) in [5.74, 6) is -4.55. The van der Waals surface area contributed by atoms with Gasteiger partial charge in [0, 0.05) is 43.5 Å². The average molecular weight is 395 g/mol. The molecule has 9 heteroatoms. The van der Waals surface area contributed by atoms with Gasteiger partial charge in [0.05, 0.1) is 6.54 Å². The minimum absolute atomic E-state index is 0.00859. The third kappa shape index (κ3) is 4.86. The predicted octanol–water partition coefficient (Wildman–Crippen LogP) is 2.64. The second-order valence-corrected chi connectivity index (χ2v) is 6.40. The minimum atomic E-state index is -1.09. The topological polar surface area (TPSA) is 52.7 Å². The molecule has 1 aliphatic rings. The zero-order valence-electron chi connectivity index (χ0n) is 14.7. The van der Waals surface area contributed by atoms with E-state index in [1.165, 1.54) is 11.0 Å². The van der Waals surface area contributed by atoms with Crippen LogP contribution in [0, 0.1) is 23.3 Å². The Hall–Kier alpha value is -2.94. The molecule has 28 heavy (non-hydrogen) atoms. The zero-order valence-corrected chi connectivity index (χ0v) is 14.7. The Bertz CT molecular complexity index is 878. The van der Waals surface area contributed by atoms with Crippen molar-refractivity contribution in [3.05, 3.63) is 65.2 Å². The molecule has 1 fully saturated rings. The molecule has 2 aromatic carbocycles. The van der Waals surface area contributed by atoms with E-state index in [1.54, 1.807) is 4.90 Å². The molecule has 2 amide bonds. The van der Waals surface area contributed by atoms with Gasteiger partial charge in [-0.15, -0.1) is 0 Å². The molecule has 2 aromatic rings. The number of rotatable bonds is 4. The minimum Gasteiger partial charge on any atom is -0.336 e. The quantitative estimate of drug-likeness (QED) is 0.810. The van der Waals surface area contributed by atoms with Crippen LogP contribution in [0.3, 0.4) is 0 Å². The first-order valence-electron chi connectivity index (χ1n) is 8.54. The van der Waals surface area contributed by atoms with Crippen molar-refractivity contribution in [2.24, 2.45) is 0 Å². The second-order valence-electron chi connectivity index (χ2n) is 6.40. The second kappa shape index (κ2) is 8.39. The maximum absolute atomic E-state index is 13.3. The number of benzene rings is 2. The van der Waals surface area contributed by atoms with E-state index < -0.39 is 35.1 Å². The SMILES string of the molecule is O=C(CN1CCN(C(=O)c2ccc(F)c(F)c2)CC1)Nc1cc(F)cc(F)c1. The van der Waals surface area contributed by atoms with E-state index in [2.05, 4.69) is 5.32 Å². The maximum Gasteiger partial charge on any atom is 0.254 e. The fourth-order valence-electron chi connectivity index (χ4n) is 2.95. The highest BCUT2D eigenvalue weighted by molar-refractivity contribution is 5.94. The van der Waals surface area contributed by atoms with Crippen LogP contribution < -0.4 is 5.32 Å². The van der Waals surface area contributed by atoms with Gasteiger partial charge in [-0.1, -0.05) is 0 Å². The molecule has 148 valence electrons. The molecule has 0 bridgehead atoms. The van der Waals surface area contributed by atoms with Crippen LogP contribution in [0.1, 0.15) is 10.4 Å². The lowest BCUT2D eigenvalue weighted by molar-refractivity contribution is -0.117. The van der Waals surface area contributed by atoms with Crippen LogP contribution in [-0.4, -0.2) is 54.3 Å². The summed E-state index contributed by atoms with van der Waals surface area (Å²) >= 11 is 0. The van der Waals surface area contributed by atoms with Gasteiger partial charge < -0.3 is 10.2 Å². The van der Waals surface area contributed by atoms with Gasteiger partial charge in [0.2, 0.25) is 5.91 Å². The molecule has 0 spiro atoms. The fourth-order valence-corrected chi connectivity index (χ4v) is 2.95. The van der Waals surface area contributed by atoms with Crippen molar-refractivity contribution >= 4 is 17.5 Å². The molecule has 0 atom stereocenters. The zero-order chi connectivity index (χ0) is 20.3. The highest BCUT2D eigenvalue weighted by Crippen LogP contribution is 2.14. The lowest BCUT2D eigenvalue weighted by atomic mass is 10.1. The van der Waals surface area contributed by atoms with Crippen LogP contribution in [0.4, 0.5) is 23.2 Å². The number of carbonyl (C=O) groups excluding carboxylic acids is 2. The standard InChI is InChI=1S/C19H17F4N3O2/c20-13-8-14(21)10-15(9-13)24-18(27)11-25-3-5-26(6-4-25)19(28)12-1-2-16(22)17(23)7-12/h1-2,7-10H,3-6,11H2,(H,24,27). The summed E-state index contributed by atoms with van der Waals surface area (Å²) in [6, 6.07) is 5.71. The van der Waals surface area contributed by atoms with Gasteiger partial charge in [0.15, 0.2) is 11.6 Å². The van der Waals surface area contributed by atoms with E-state index in [-0.39, 0.29) is 17.8 Å². The van der Waals surface area contributed by atoms with E-state index in [1.807, 2.05) is 0 Å². The summed E-state index contributed by atoms with van der Waals surface area (Å²) in [6.07, 6.45) is 0. The Morgan fingerprint density at radius 1 is 0.857 bits per heavy atom. The van der Waals surface area contributed by atoms with Crippen molar-refractivity contribution < 1.29 is 27.2 Å². The van der Waals surface area contributed by atoms with Crippen LogP contribution in [0.15, 0.2) is 36.4 Å². The van der Waals surface area contributed by atoms with Crippen molar-refractivity contribution in [1.82, 2.24) is 9.80 Å². The Labute approximate surface area is 158 Å². The molecular formula is C19H17F4N3O2. The highest BCUT2D eigenvalue weighted by atomic mass is 19.2. The summed E-state index contributed by atoms with van der Waals surface area (Å²) in [5.41, 5.74) is 0.0767. The number of hydrogen-bond donors (Lipinski definition) is 1. The van der Waals surface area contributed by atoms with Crippen LogP contribution in [0.25, 0.3) is 0 Å². The van der Waals surface area contributed by atoms with Crippen molar-refractivity contribution in [2.45, 2.75) is 0 Å². The van der Waals surface area contributed by atoms with E-state index in [0.29, 0.717) is 32.2 Å². The molecular weight excluding hydrogens is 378 g/mol. The lowest BCUT2D eigenvalue weighted by Crippen LogP contribution is -2.50. The van der Waals surface area contributed by atoms with E-state index in [0.717, 1.165) is 24.3 Å². The molecule has 3 rings (SSSR count). The summed E-state index contributed by atoms with van der Waals surface area (Å²) in [4.78, 5) is 27.7. The summed E-state index contributed by atoms with van der Waals surface area (Å²) < 4.78 is 52.6. The van der Waals surface area contributed by atoms with Gasteiger partial charge in [-0.3, -0.25) is 14.5 Å². The fraction of sp³-hybridized carbons (Fsp3) is 0.263. The third-order valence-electron chi connectivity index (χ3n) is 4.34. The molecule has 1 saturated heterocycles. The van der Waals surface area contributed by atoms with Gasteiger partial charge in [0.1, 0.15) is 11.6 Å². The summed E-state index contributed by atoms with van der Waals surface area (Å²) in [5, 5.41) is 2.42. The number of piperazine rings is 1. The Morgan fingerprint density at radius 2 is 1.50 bits per heavy atom. The number of amides is 2. The molecule has 1 aliphatic heterocycles. The number of nitrogens with zero attached hydrogens (tertiary/aromatic N) is 2. The van der Waals surface area contributed by atoms with Crippen LogP contribution >= 0.6 is 0 Å². The van der Waals surface area contributed by atoms with Gasteiger partial charge in [-0.25, -0.2) is 17.6 Å². The number of anilines is 1. The lowest BCUT2D eigenvalue weighted by Gasteiger charge is -2.34. The summed E-state index contributed by atoms with van der Waals surface area (Å²) in [7, 11) is 0. The van der Waals surface area contributed by atoms with Crippen molar-refractivity contribution in [3.8, 4) is 0 Å². The normalized spacial score (nSPS) is 14.8. The largest absolute Gasteiger partial charge is 0.336 e. The van der Waals surface area contributed by atoms with Gasteiger partial charge >= 0.3 is 0 Å². The van der Waals surface area contributed by atoms with Crippen molar-refractivity contribution in [3.63, 3.8) is 0 Å². The first-order valence-corrected chi connectivity index (χ1v) is 8.54. The molecule has 0 aromatic heterocycles. The van der Waals surface area contributed by atoms with Gasteiger partial charge in [-0.05, 0) is 30.3 Å². The summed E-state index contributed by atoms with van der Waals surface area (Å²) in [6.45, 7) is 1.38. The van der Waals surface area contributed by atoms with Crippen LogP contribution in [0.2, 0.25) is 0 Å². The van der Waals surface area contributed by atoms with Crippen molar-refractivity contribution in [2.75, 3.05) is 38.0 Å². The molecule has 0 radical (unpaired) electrons. The van der Waals surface area contributed by atoms with Gasteiger partial charge in [-0.2, -0.15) is 0 Å². The number of halogens is 4. The number of nitrogens with one attached hydrogen (secondary N) is 1.